The summed E-state index contributed by atoms with van der Waals surface area (Å²) >= 11 is -0.291. The van der Waals surface area contributed by atoms with Crippen molar-refractivity contribution in [1.29, 1.82) is 0 Å². The molecule has 0 aliphatic carbocycles. The summed E-state index contributed by atoms with van der Waals surface area (Å²) < 4.78 is 3.96. The number of thiophene rings is 1. The first-order valence-corrected chi connectivity index (χ1v) is 26.1. The fraction of sp³-hybridized carbons (Fsp3) is 0.465. The van der Waals surface area contributed by atoms with Crippen LogP contribution >= 0.6 is 11.3 Å². The molecule has 2 aromatic heterocycles. The van der Waals surface area contributed by atoms with E-state index in [0.29, 0.717) is 0 Å². The van der Waals surface area contributed by atoms with Crippen molar-refractivity contribution in [2.24, 2.45) is 16.2 Å². The number of carbonyl (C=O) groups excluding carboxylic acids is 1. The van der Waals surface area contributed by atoms with Crippen LogP contribution in [0.4, 0.5) is 0 Å². The Morgan fingerprint density at radius 1 is 0.860 bits per heavy atom. The summed E-state index contributed by atoms with van der Waals surface area (Å²) in [6, 6.07) is 21.6. The molecular weight excluding hydrogens is 873 g/mol. The first kappa shape index (κ1) is 42.0. The number of allylic oxidation sites excluding steroid dienone is 2. The molecule has 50 heavy (non-hydrogen) atoms. The van der Waals surface area contributed by atoms with Crippen molar-refractivity contribution in [1.82, 2.24) is 9.97 Å². The second-order valence-corrected chi connectivity index (χ2v) is 28.0. The van der Waals surface area contributed by atoms with Gasteiger partial charge in [0.15, 0.2) is 5.78 Å². The number of hydrogen-bond donors (Lipinski definition) is 1. The smallest absolute Gasteiger partial charge is 0.164 e. The topological polar surface area (TPSA) is 63.1 Å². The summed E-state index contributed by atoms with van der Waals surface area (Å²) in [6.07, 6.45) is 7.54. The van der Waals surface area contributed by atoms with Gasteiger partial charge in [-0.1, -0.05) is 41.5 Å². The van der Waals surface area contributed by atoms with Crippen molar-refractivity contribution in [3.8, 4) is 11.3 Å². The fourth-order valence-corrected chi connectivity index (χ4v) is 10.8. The van der Waals surface area contributed by atoms with Crippen LogP contribution in [-0.2, 0) is 31.3 Å². The van der Waals surface area contributed by atoms with Gasteiger partial charge in [0.25, 0.3) is 0 Å². The quantitative estimate of drug-likeness (QED) is 0.0656. The zero-order valence-corrected chi connectivity index (χ0v) is 37.6. The molecule has 7 heteroatoms. The van der Waals surface area contributed by atoms with Gasteiger partial charge in [-0.25, -0.2) is 0 Å². The largest absolute Gasteiger partial charge is 0.512 e. The molecular formula is C43H57GeIrN2O2S-. The Bertz CT molecular complexity index is 1970. The summed E-state index contributed by atoms with van der Waals surface area (Å²) in [6.45, 7) is 19.0. The Hall–Kier alpha value is -2.38. The van der Waals surface area contributed by atoms with Crippen molar-refractivity contribution in [3.63, 3.8) is 0 Å². The standard InChI is InChI=1S/C28H29GeN2S.C15H28O2.Ir/c1-28(2,3)16-18-11-12-22-24(13-18)32-27-25(30-17-31-26(22)27)20-14-19-9-7-8-10-21(19)23(15-20)29(4,5)6;1-7-14(5,8-2)12(16)11-13(17)15(6,9-3)10-4;/h7-13,15,17H,16H2,1-6H3;11,16H,7-10H2,1-6H3;/q-1;;/b;12-11-;. The summed E-state index contributed by atoms with van der Waals surface area (Å²) in [5.74, 6) is 7.65. The van der Waals surface area contributed by atoms with E-state index in [1.807, 2.05) is 52.9 Å². The number of aromatic nitrogens is 2. The first-order chi connectivity index (χ1) is 22.9. The average molecular weight is 931 g/mol. The third-order valence-corrected chi connectivity index (χ3v) is 15.9. The zero-order valence-electron chi connectivity index (χ0n) is 32.3. The molecule has 0 bridgehead atoms. The molecule has 0 aliphatic heterocycles. The molecule has 5 aromatic rings. The molecule has 0 unspecified atom stereocenters. The van der Waals surface area contributed by atoms with Gasteiger partial charge in [-0.15, -0.1) is 0 Å². The van der Waals surface area contributed by atoms with Crippen molar-refractivity contribution >= 4 is 65.9 Å². The Morgan fingerprint density at radius 3 is 2.06 bits per heavy atom. The fourth-order valence-electron chi connectivity index (χ4n) is 6.19. The maximum absolute atomic E-state index is 12.2. The van der Waals surface area contributed by atoms with Crippen LogP contribution < -0.4 is 4.40 Å². The molecule has 0 spiro atoms. The molecule has 5 rings (SSSR count). The van der Waals surface area contributed by atoms with Crippen LogP contribution in [0.2, 0.25) is 17.3 Å². The molecule has 0 saturated heterocycles. The van der Waals surface area contributed by atoms with Crippen molar-refractivity contribution in [2.45, 2.75) is 112 Å². The third kappa shape index (κ3) is 9.34. The summed E-state index contributed by atoms with van der Waals surface area (Å²) in [7, 11) is 0. The van der Waals surface area contributed by atoms with E-state index in [1.54, 1.807) is 6.33 Å². The summed E-state index contributed by atoms with van der Waals surface area (Å²) in [5, 5.41) is 13.9. The van der Waals surface area contributed by atoms with Gasteiger partial charge in [0.1, 0.15) is 5.76 Å². The maximum Gasteiger partial charge on any atom is 0.164 e. The average Bonchev–Trinajstić information content (AvgIpc) is 3.44. The van der Waals surface area contributed by atoms with Gasteiger partial charge in [0.2, 0.25) is 0 Å². The van der Waals surface area contributed by atoms with Crippen molar-refractivity contribution in [2.75, 3.05) is 0 Å². The molecule has 0 saturated carbocycles. The van der Waals surface area contributed by atoms with Crippen LogP contribution in [0.25, 0.3) is 42.3 Å². The van der Waals surface area contributed by atoms with E-state index in [2.05, 4.69) is 92.6 Å². The summed E-state index contributed by atoms with van der Waals surface area (Å²) in [4.78, 5) is 21.6. The molecule has 1 N–H and O–H groups in total. The first-order valence-electron chi connectivity index (χ1n) is 18.0. The Labute approximate surface area is 321 Å². The molecule has 0 atom stereocenters. The van der Waals surface area contributed by atoms with Crippen LogP contribution in [0.5, 0.6) is 0 Å². The normalized spacial score (nSPS) is 12.9. The van der Waals surface area contributed by atoms with Crippen LogP contribution in [0.3, 0.4) is 0 Å². The number of carbonyl (C=O) groups is 1. The van der Waals surface area contributed by atoms with Crippen LogP contribution in [0, 0.1) is 22.3 Å². The second kappa shape index (κ2) is 16.5. The van der Waals surface area contributed by atoms with Crippen LogP contribution in [0.1, 0.15) is 93.6 Å². The van der Waals surface area contributed by atoms with E-state index in [9.17, 15) is 9.90 Å². The molecule has 0 fully saturated rings. The second-order valence-electron chi connectivity index (χ2n) is 16.4. The predicted octanol–water partition coefficient (Wildman–Crippen LogP) is 12.2. The van der Waals surface area contributed by atoms with Gasteiger partial charge >= 0.3 is 198 Å². The van der Waals surface area contributed by atoms with Gasteiger partial charge in [0, 0.05) is 37.0 Å². The molecule has 3 aromatic carbocycles. The Balaban J connectivity index is 0.000000323. The van der Waals surface area contributed by atoms with Gasteiger partial charge in [-0.3, -0.25) is 4.79 Å². The number of aliphatic hydroxyl groups excluding tert-OH is 1. The number of fused-ring (bicyclic) bond motifs is 4. The van der Waals surface area contributed by atoms with Gasteiger partial charge in [-0.05, 0) is 25.7 Å². The number of aliphatic hydroxyl groups is 1. The molecule has 4 nitrogen and oxygen atoms in total. The minimum absolute atomic E-state index is 0. The van der Waals surface area contributed by atoms with E-state index in [0.717, 1.165) is 53.6 Å². The minimum atomic E-state index is -2.10. The number of ketones is 1. The molecule has 2 heterocycles. The number of rotatable bonds is 10. The monoisotopic (exact) mass is 932 g/mol. The van der Waals surface area contributed by atoms with E-state index in [-0.39, 0.29) is 47.9 Å². The van der Waals surface area contributed by atoms with E-state index >= 15 is 0 Å². The summed E-state index contributed by atoms with van der Waals surface area (Å²) in [5.41, 5.74) is 4.20. The maximum atomic E-state index is 12.2. The molecule has 271 valence electrons. The SMILES string of the molecule is CC(C)(C)Cc1ccc2c(c1)sc1c(-c3[c-]c4ccccc4[c]([Ge]([CH3])([CH3])[CH3])c3)ncnc12.CCC(C)(CC)C(=O)/C=C(\O)C(C)(CC)CC.[Ir]. The van der Waals surface area contributed by atoms with Gasteiger partial charge in [-0.2, -0.15) is 0 Å². The molecule has 0 amide bonds. The van der Waals surface area contributed by atoms with Crippen molar-refractivity contribution < 1.29 is 30.0 Å². The van der Waals surface area contributed by atoms with Gasteiger partial charge < -0.3 is 5.11 Å². The number of nitrogens with zero attached hydrogens (tertiary/aromatic N) is 2. The zero-order chi connectivity index (χ0) is 36.4. The van der Waals surface area contributed by atoms with Gasteiger partial charge in [0.05, 0.1) is 0 Å². The predicted molar refractivity (Wildman–Crippen MR) is 216 cm³/mol. The van der Waals surface area contributed by atoms with Crippen LogP contribution in [-0.4, -0.2) is 34.1 Å². The van der Waals surface area contributed by atoms with E-state index in [1.165, 1.54) is 36.9 Å². The number of benzene rings is 3. The third-order valence-electron chi connectivity index (χ3n) is 10.5. The molecule has 1 radical (unpaired) electrons. The Morgan fingerprint density at radius 2 is 1.48 bits per heavy atom. The number of hydrogen-bond acceptors (Lipinski definition) is 5. The molecule has 0 aliphatic rings. The van der Waals surface area contributed by atoms with Crippen molar-refractivity contribution in [3.05, 3.63) is 78.3 Å². The minimum Gasteiger partial charge on any atom is -0.512 e. The Kier molecular flexibility index (Phi) is 13.9. The van der Waals surface area contributed by atoms with Crippen LogP contribution in [0.15, 0.2) is 66.7 Å². The van der Waals surface area contributed by atoms with E-state index in [4.69, 9.17) is 9.97 Å². The van der Waals surface area contributed by atoms with E-state index < -0.39 is 13.3 Å².